The van der Waals surface area contributed by atoms with Gasteiger partial charge < -0.3 is 5.11 Å². The van der Waals surface area contributed by atoms with Gasteiger partial charge in [-0.25, -0.2) is 0 Å². The van der Waals surface area contributed by atoms with Crippen LogP contribution in [0.5, 0.6) is 0 Å². The van der Waals surface area contributed by atoms with Crippen molar-refractivity contribution in [2.75, 3.05) is 0 Å². The summed E-state index contributed by atoms with van der Waals surface area (Å²) in [7, 11) is 0. The molecule has 1 unspecified atom stereocenters. The molecule has 0 bridgehead atoms. The van der Waals surface area contributed by atoms with E-state index >= 15 is 0 Å². The molecule has 18 heavy (non-hydrogen) atoms. The van der Waals surface area contributed by atoms with Gasteiger partial charge in [-0.3, -0.25) is 4.79 Å². The van der Waals surface area contributed by atoms with Crippen LogP contribution in [0.2, 0.25) is 0 Å². The molecule has 2 aromatic carbocycles. The summed E-state index contributed by atoms with van der Waals surface area (Å²) in [5.41, 5.74) is 0.994. The van der Waals surface area contributed by atoms with E-state index in [0.717, 1.165) is 22.8 Å². The second-order valence-corrected chi connectivity index (χ2v) is 4.59. The van der Waals surface area contributed by atoms with Crippen molar-refractivity contribution in [2.24, 2.45) is 0 Å². The Kier molecular flexibility index (Phi) is 4.11. The maximum atomic E-state index is 11.9. The van der Waals surface area contributed by atoms with Crippen molar-refractivity contribution >= 4 is 16.6 Å². The number of hydrogen-bond donors (Lipinski definition) is 1. The normalized spacial score (nSPS) is 12.6. The number of carbonyl (C=O) groups excluding carboxylic acids is 1. The molecule has 0 aliphatic rings. The van der Waals surface area contributed by atoms with Gasteiger partial charge in [0.2, 0.25) is 0 Å². The van der Waals surface area contributed by atoms with E-state index in [1.807, 2.05) is 49.4 Å². The molecule has 0 aliphatic carbocycles. The molecule has 0 fully saturated rings. The molecule has 0 saturated heterocycles. The zero-order chi connectivity index (χ0) is 13.0. The van der Waals surface area contributed by atoms with E-state index in [1.165, 1.54) is 0 Å². The molecule has 0 heterocycles. The minimum atomic E-state index is -0.825. The molecular formula is C16H18O2. The second-order valence-electron chi connectivity index (χ2n) is 4.59. The van der Waals surface area contributed by atoms with Crippen molar-refractivity contribution in [1.82, 2.24) is 0 Å². The maximum absolute atomic E-state index is 11.9. The fraction of sp³-hybridized carbons (Fsp3) is 0.312. The summed E-state index contributed by atoms with van der Waals surface area (Å²) in [5.74, 6) is -0.0896. The highest BCUT2D eigenvalue weighted by Gasteiger charge is 2.15. The van der Waals surface area contributed by atoms with Crippen LogP contribution < -0.4 is 0 Å². The van der Waals surface area contributed by atoms with Crippen molar-refractivity contribution in [3.63, 3.8) is 0 Å². The quantitative estimate of drug-likeness (QED) is 0.874. The first-order valence-corrected chi connectivity index (χ1v) is 6.39. The number of Topliss-reactive ketones (excluding diaryl/α,β-unsaturated/α-hetero) is 1. The molecule has 2 rings (SSSR count). The van der Waals surface area contributed by atoms with Crippen molar-refractivity contribution in [2.45, 2.75) is 32.3 Å². The lowest BCUT2D eigenvalue weighted by Crippen LogP contribution is -2.22. The number of rotatable bonds is 5. The van der Waals surface area contributed by atoms with Gasteiger partial charge in [0.15, 0.2) is 5.78 Å². The van der Waals surface area contributed by atoms with Crippen LogP contribution in [0.1, 0.15) is 25.3 Å². The predicted octanol–water partition coefficient (Wildman–Crippen LogP) is 3.11. The van der Waals surface area contributed by atoms with Gasteiger partial charge in [0, 0.05) is 6.42 Å². The molecule has 0 aromatic heterocycles. The molecule has 2 nitrogen and oxygen atoms in total. The van der Waals surface area contributed by atoms with Crippen LogP contribution in [-0.2, 0) is 11.2 Å². The molecule has 1 N–H and O–H groups in total. The van der Waals surface area contributed by atoms with Crippen LogP contribution in [0, 0.1) is 0 Å². The Balaban J connectivity index is 2.24. The topological polar surface area (TPSA) is 37.3 Å². The number of fused-ring (bicyclic) bond motifs is 1. The molecule has 0 spiro atoms. The maximum Gasteiger partial charge on any atom is 0.165 e. The standard InChI is InChI=1S/C16H18O2/c1-2-6-15(17)16(18)11-13-9-5-8-12-7-3-4-10-14(12)13/h3-5,7-10,15,17H,2,6,11H2,1H3. The van der Waals surface area contributed by atoms with E-state index < -0.39 is 6.10 Å². The van der Waals surface area contributed by atoms with Gasteiger partial charge in [-0.2, -0.15) is 0 Å². The molecule has 0 aliphatic heterocycles. The van der Waals surface area contributed by atoms with Crippen LogP contribution in [0.25, 0.3) is 10.8 Å². The Bertz CT molecular complexity index is 540. The van der Waals surface area contributed by atoms with Crippen LogP contribution in [0.3, 0.4) is 0 Å². The smallest absolute Gasteiger partial charge is 0.165 e. The summed E-state index contributed by atoms with van der Waals surface area (Å²) in [6.07, 6.45) is 0.850. The van der Waals surface area contributed by atoms with E-state index in [1.54, 1.807) is 0 Å². The van der Waals surface area contributed by atoms with E-state index in [2.05, 4.69) is 0 Å². The van der Waals surface area contributed by atoms with Gasteiger partial charge in [0.05, 0.1) is 0 Å². The summed E-state index contributed by atoms with van der Waals surface area (Å²) >= 11 is 0. The molecule has 2 aromatic rings. The highest BCUT2D eigenvalue weighted by Crippen LogP contribution is 2.19. The van der Waals surface area contributed by atoms with Crippen LogP contribution in [0.4, 0.5) is 0 Å². The third kappa shape index (κ3) is 2.77. The average molecular weight is 242 g/mol. The van der Waals surface area contributed by atoms with Crippen LogP contribution in [-0.4, -0.2) is 17.0 Å². The average Bonchev–Trinajstić information content (AvgIpc) is 2.39. The number of ketones is 1. The fourth-order valence-electron chi connectivity index (χ4n) is 2.19. The molecule has 0 radical (unpaired) electrons. The lowest BCUT2D eigenvalue weighted by atomic mass is 9.97. The molecule has 1 atom stereocenters. The first-order chi connectivity index (χ1) is 8.72. The predicted molar refractivity (Wildman–Crippen MR) is 73.6 cm³/mol. The number of hydrogen-bond acceptors (Lipinski definition) is 2. The molecular weight excluding hydrogens is 224 g/mol. The number of aliphatic hydroxyl groups is 1. The Hall–Kier alpha value is -1.67. The molecule has 0 amide bonds. The summed E-state index contributed by atoms with van der Waals surface area (Å²) in [6, 6.07) is 14.0. The first-order valence-electron chi connectivity index (χ1n) is 6.39. The monoisotopic (exact) mass is 242 g/mol. The van der Waals surface area contributed by atoms with Crippen molar-refractivity contribution in [1.29, 1.82) is 0 Å². The zero-order valence-corrected chi connectivity index (χ0v) is 10.6. The van der Waals surface area contributed by atoms with Gasteiger partial charge in [0.25, 0.3) is 0 Å². The third-order valence-electron chi connectivity index (χ3n) is 3.18. The lowest BCUT2D eigenvalue weighted by Gasteiger charge is -2.10. The third-order valence-corrected chi connectivity index (χ3v) is 3.18. The Morgan fingerprint density at radius 1 is 1.17 bits per heavy atom. The Morgan fingerprint density at radius 2 is 1.89 bits per heavy atom. The van der Waals surface area contributed by atoms with Gasteiger partial charge in [-0.15, -0.1) is 0 Å². The second kappa shape index (κ2) is 5.78. The number of aliphatic hydroxyl groups excluding tert-OH is 1. The highest BCUT2D eigenvalue weighted by atomic mass is 16.3. The molecule has 0 saturated carbocycles. The van der Waals surface area contributed by atoms with Crippen LogP contribution in [0.15, 0.2) is 42.5 Å². The zero-order valence-electron chi connectivity index (χ0n) is 10.6. The summed E-state index contributed by atoms with van der Waals surface area (Å²) < 4.78 is 0. The van der Waals surface area contributed by atoms with Gasteiger partial charge >= 0.3 is 0 Å². The Morgan fingerprint density at radius 3 is 2.67 bits per heavy atom. The summed E-state index contributed by atoms with van der Waals surface area (Å²) in [6.45, 7) is 1.97. The largest absolute Gasteiger partial charge is 0.385 e. The first kappa shape index (κ1) is 12.8. The fourth-order valence-corrected chi connectivity index (χ4v) is 2.19. The Labute approximate surface area is 107 Å². The molecule has 94 valence electrons. The van der Waals surface area contributed by atoms with Crippen molar-refractivity contribution in [3.8, 4) is 0 Å². The van der Waals surface area contributed by atoms with Crippen molar-refractivity contribution < 1.29 is 9.90 Å². The summed E-state index contributed by atoms with van der Waals surface area (Å²) in [4.78, 5) is 11.9. The summed E-state index contributed by atoms with van der Waals surface area (Å²) in [5, 5.41) is 11.9. The SMILES string of the molecule is CCCC(O)C(=O)Cc1cccc2ccccc12. The van der Waals surface area contributed by atoms with E-state index in [4.69, 9.17) is 0 Å². The van der Waals surface area contributed by atoms with Gasteiger partial charge in [-0.1, -0.05) is 55.8 Å². The minimum Gasteiger partial charge on any atom is -0.385 e. The lowest BCUT2D eigenvalue weighted by molar-refractivity contribution is -0.126. The van der Waals surface area contributed by atoms with E-state index in [9.17, 15) is 9.90 Å². The highest BCUT2D eigenvalue weighted by molar-refractivity contribution is 5.92. The number of carbonyl (C=O) groups is 1. The minimum absolute atomic E-state index is 0.0896. The van der Waals surface area contributed by atoms with E-state index in [0.29, 0.717) is 12.8 Å². The van der Waals surface area contributed by atoms with E-state index in [-0.39, 0.29) is 5.78 Å². The van der Waals surface area contributed by atoms with Crippen molar-refractivity contribution in [3.05, 3.63) is 48.0 Å². The molecule has 2 heteroatoms. The van der Waals surface area contributed by atoms with Gasteiger partial charge in [0.1, 0.15) is 6.10 Å². The van der Waals surface area contributed by atoms with Crippen LogP contribution >= 0.6 is 0 Å². The van der Waals surface area contributed by atoms with Gasteiger partial charge in [-0.05, 0) is 22.8 Å². The number of benzene rings is 2.